The Kier molecular flexibility index (Phi) is 4.26. The topological polar surface area (TPSA) is 17.1 Å². The summed E-state index contributed by atoms with van der Waals surface area (Å²) in [7, 11) is 0. The zero-order chi connectivity index (χ0) is 9.68. The zero-order valence-electron chi connectivity index (χ0n) is 7.04. The minimum absolute atomic E-state index is 0.0529. The molecule has 0 aliphatic rings. The molecule has 0 radical (unpaired) electrons. The Balaban J connectivity index is 2.68. The van der Waals surface area contributed by atoms with Gasteiger partial charge >= 0.3 is 0 Å². The van der Waals surface area contributed by atoms with Crippen LogP contribution in [0.2, 0.25) is 0 Å². The first-order valence-corrected chi connectivity index (χ1v) is 5.02. The molecule has 1 rings (SSSR count). The van der Waals surface area contributed by atoms with Crippen LogP contribution < -0.4 is 0 Å². The van der Waals surface area contributed by atoms with Crippen LogP contribution >= 0.6 is 23.2 Å². The van der Waals surface area contributed by atoms with Crippen molar-refractivity contribution in [2.75, 3.05) is 5.88 Å². The number of halogens is 2. The highest BCUT2D eigenvalue weighted by atomic mass is 35.5. The number of carbonyl (C=O) groups is 1. The molecule has 1 nitrogen and oxygen atoms in total. The average molecular weight is 217 g/mol. The first-order valence-electron chi connectivity index (χ1n) is 4.05. The summed E-state index contributed by atoms with van der Waals surface area (Å²) in [5.74, 6) is 0.357. The zero-order valence-corrected chi connectivity index (χ0v) is 8.55. The van der Waals surface area contributed by atoms with Crippen molar-refractivity contribution in [2.24, 2.45) is 0 Å². The van der Waals surface area contributed by atoms with Gasteiger partial charge in [-0.1, -0.05) is 30.3 Å². The summed E-state index contributed by atoms with van der Waals surface area (Å²) in [6.07, 6.45) is 0.511. The quantitative estimate of drug-likeness (QED) is 0.559. The fraction of sp³-hybridized carbons (Fsp3) is 0.300. The molecular weight excluding hydrogens is 207 g/mol. The van der Waals surface area contributed by atoms with E-state index in [1.165, 1.54) is 0 Å². The van der Waals surface area contributed by atoms with Gasteiger partial charge in [-0.05, 0) is 6.42 Å². The lowest BCUT2D eigenvalue weighted by Gasteiger charge is -2.05. The van der Waals surface area contributed by atoms with Crippen LogP contribution in [-0.2, 0) is 0 Å². The van der Waals surface area contributed by atoms with E-state index >= 15 is 0 Å². The largest absolute Gasteiger partial charge is 0.293 e. The van der Waals surface area contributed by atoms with Gasteiger partial charge in [0.15, 0.2) is 5.78 Å². The second kappa shape index (κ2) is 5.25. The van der Waals surface area contributed by atoms with Gasteiger partial charge in [0, 0.05) is 11.4 Å². The van der Waals surface area contributed by atoms with Gasteiger partial charge in [-0.15, -0.1) is 23.2 Å². The molecule has 0 fully saturated rings. The number of ketones is 1. The van der Waals surface area contributed by atoms with E-state index in [0.29, 0.717) is 17.9 Å². The first-order chi connectivity index (χ1) is 6.25. The van der Waals surface area contributed by atoms with E-state index in [0.717, 1.165) is 0 Å². The van der Waals surface area contributed by atoms with Gasteiger partial charge in [0.1, 0.15) is 0 Å². The highest BCUT2D eigenvalue weighted by Crippen LogP contribution is 2.11. The number of alkyl halides is 2. The maximum atomic E-state index is 11.5. The van der Waals surface area contributed by atoms with Gasteiger partial charge in [-0.3, -0.25) is 4.79 Å². The van der Waals surface area contributed by atoms with Crippen molar-refractivity contribution >= 4 is 29.0 Å². The number of rotatable bonds is 4. The summed E-state index contributed by atoms with van der Waals surface area (Å²) >= 11 is 11.3. The van der Waals surface area contributed by atoms with Crippen molar-refractivity contribution < 1.29 is 4.79 Å². The van der Waals surface area contributed by atoms with Crippen molar-refractivity contribution in [3.63, 3.8) is 0 Å². The molecule has 1 aromatic rings. The van der Waals surface area contributed by atoms with E-state index < -0.39 is 5.38 Å². The standard InChI is InChI=1S/C10H10Cl2O/c11-7-6-9(12)10(13)8-4-2-1-3-5-8/h1-5,9H,6-7H2. The molecular formula is C10H10Cl2O. The molecule has 1 atom stereocenters. The predicted molar refractivity (Wildman–Crippen MR) is 55.8 cm³/mol. The van der Waals surface area contributed by atoms with Crippen LogP contribution in [0.25, 0.3) is 0 Å². The van der Waals surface area contributed by atoms with Crippen LogP contribution in [0.3, 0.4) is 0 Å². The molecule has 0 saturated carbocycles. The maximum absolute atomic E-state index is 11.5. The molecule has 0 saturated heterocycles. The van der Waals surface area contributed by atoms with Gasteiger partial charge in [0.05, 0.1) is 5.38 Å². The number of benzene rings is 1. The van der Waals surface area contributed by atoms with E-state index in [9.17, 15) is 4.79 Å². The van der Waals surface area contributed by atoms with Gasteiger partial charge < -0.3 is 0 Å². The Morgan fingerprint density at radius 3 is 2.46 bits per heavy atom. The molecule has 1 unspecified atom stereocenters. The molecule has 70 valence electrons. The molecule has 1 aromatic carbocycles. The summed E-state index contributed by atoms with van der Waals surface area (Å²) in [5.41, 5.74) is 0.646. The lowest BCUT2D eigenvalue weighted by molar-refractivity contribution is 0.0986. The molecule has 0 spiro atoms. The summed E-state index contributed by atoms with van der Waals surface area (Å²) < 4.78 is 0. The van der Waals surface area contributed by atoms with Crippen LogP contribution in [0.4, 0.5) is 0 Å². The maximum Gasteiger partial charge on any atom is 0.180 e. The van der Waals surface area contributed by atoms with Gasteiger partial charge in [0.25, 0.3) is 0 Å². The lowest BCUT2D eigenvalue weighted by Crippen LogP contribution is -2.14. The third-order valence-electron chi connectivity index (χ3n) is 1.71. The van der Waals surface area contributed by atoms with E-state index in [2.05, 4.69) is 0 Å². The van der Waals surface area contributed by atoms with Crippen molar-refractivity contribution in [2.45, 2.75) is 11.8 Å². The number of carbonyl (C=O) groups excluding carboxylic acids is 1. The molecule has 0 N–H and O–H groups in total. The van der Waals surface area contributed by atoms with E-state index in [1.807, 2.05) is 18.2 Å². The molecule has 0 aliphatic carbocycles. The molecule has 13 heavy (non-hydrogen) atoms. The SMILES string of the molecule is O=C(c1ccccc1)C(Cl)CCCl. The minimum Gasteiger partial charge on any atom is -0.293 e. The van der Waals surface area contributed by atoms with Crippen LogP contribution in [0.1, 0.15) is 16.8 Å². The second-order valence-electron chi connectivity index (χ2n) is 2.68. The highest BCUT2D eigenvalue weighted by Gasteiger charge is 2.15. The summed E-state index contributed by atoms with van der Waals surface area (Å²) in [6.45, 7) is 0. The van der Waals surface area contributed by atoms with Gasteiger partial charge in [-0.2, -0.15) is 0 Å². The minimum atomic E-state index is -0.500. The van der Waals surface area contributed by atoms with Gasteiger partial charge in [0.2, 0.25) is 0 Å². The number of hydrogen-bond donors (Lipinski definition) is 0. The summed E-state index contributed by atoms with van der Waals surface area (Å²) in [5, 5.41) is -0.500. The Labute approximate surface area is 87.7 Å². The Morgan fingerprint density at radius 2 is 1.92 bits per heavy atom. The normalized spacial score (nSPS) is 12.5. The van der Waals surface area contributed by atoms with Crippen LogP contribution in [0.15, 0.2) is 30.3 Å². The monoisotopic (exact) mass is 216 g/mol. The molecule has 0 aliphatic heterocycles. The van der Waals surface area contributed by atoms with Crippen LogP contribution in [0, 0.1) is 0 Å². The Morgan fingerprint density at radius 1 is 1.31 bits per heavy atom. The molecule has 0 heterocycles. The molecule has 0 bridgehead atoms. The smallest absolute Gasteiger partial charge is 0.180 e. The van der Waals surface area contributed by atoms with Crippen LogP contribution in [0.5, 0.6) is 0 Å². The van der Waals surface area contributed by atoms with Crippen molar-refractivity contribution in [1.82, 2.24) is 0 Å². The van der Waals surface area contributed by atoms with Crippen molar-refractivity contribution in [3.8, 4) is 0 Å². The summed E-state index contributed by atoms with van der Waals surface area (Å²) in [6, 6.07) is 9.01. The van der Waals surface area contributed by atoms with Crippen molar-refractivity contribution in [3.05, 3.63) is 35.9 Å². The Hall–Kier alpha value is -0.530. The third-order valence-corrected chi connectivity index (χ3v) is 2.34. The van der Waals surface area contributed by atoms with Crippen molar-refractivity contribution in [1.29, 1.82) is 0 Å². The molecule has 3 heteroatoms. The van der Waals surface area contributed by atoms with E-state index in [4.69, 9.17) is 23.2 Å². The van der Waals surface area contributed by atoms with Gasteiger partial charge in [-0.25, -0.2) is 0 Å². The number of hydrogen-bond acceptors (Lipinski definition) is 1. The molecule has 0 aromatic heterocycles. The van der Waals surface area contributed by atoms with Crippen LogP contribution in [-0.4, -0.2) is 17.0 Å². The molecule has 0 amide bonds. The lowest BCUT2D eigenvalue weighted by atomic mass is 10.1. The highest BCUT2D eigenvalue weighted by molar-refractivity contribution is 6.34. The Bertz CT molecular complexity index is 272. The van der Waals surface area contributed by atoms with E-state index in [1.54, 1.807) is 12.1 Å². The average Bonchev–Trinajstić information content (AvgIpc) is 2.18. The second-order valence-corrected chi connectivity index (χ2v) is 3.58. The summed E-state index contributed by atoms with van der Waals surface area (Å²) in [4.78, 5) is 11.5. The fourth-order valence-corrected chi connectivity index (χ4v) is 1.58. The van der Waals surface area contributed by atoms with E-state index in [-0.39, 0.29) is 5.78 Å². The first kappa shape index (κ1) is 10.6. The number of Topliss-reactive ketones (excluding diaryl/α,β-unsaturated/α-hetero) is 1. The third kappa shape index (κ3) is 3.02. The predicted octanol–water partition coefficient (Wildman–Crippen LogP) is 3.11. The fourth-order valence-electron chi connectivity index (χ4n) is 1.01.